The first-order chi connectivity index (χ1) is 9.19. The van der Waals surface area contributed by atoms with Gasteiger partial charge in [0, 0.05) is 12.1 Å². The van der Waals surface area contributed by atoms with E-state index >= 15 is 0 Å². The number of aromatic amines is 1. The number of ether oxygens (including phenoxy) is 2. The first kappa shape index (κ1) is 12.9. The van der Waals surface area contributed by atoms with E-state index in [2.05, 4.69) is 10.2 Å². The van der Waals surface area contributed by atoms with Crippen molar-refractivity contribution in [2.45, 2.75) is 6.42 Å². The van der Waals surface area contributed by atoms with Crippen molar-refractivity contribution in [1.82, 2.24) is 10.2 Å². The molecule has 0 aliphatic carbocycles. The molecular weight excluding hydrogens is 248 g/mol. The molecule has 0 unspecified atom stereocenters. The smallest absolute Gasteiger partial charge is 0.356 e. The third kappa shape index (κ3) is 3.48. The van der Waals surface area contributed by atoms with Crippen LogP contribution in [0, 0.1) is 0 Å². The number of carbonyl (C=O) groups is 1. The summed E-state index contributed by atoms with van der Waals surface area (Å²) in [5.74, 6) is 0.462. The highest BCUT2D eigenvalue weighted by atomic mass is 16.5. The SMILES string of the molecule is COc1ccc(OCCc2cc(C(=O)O)n[nH]2)cc1. The number of nitrogens with one attached hydrogen (secondary N) is 1. The highest BCUT2D eigenvalue weighted by Crippen LogP contribution is 2.17. The molecule has 0 saturated heterocycles. The van der Waals surface area contributed by atoms with E-state index in [1.165, 1.54) is 6.07 Å². The van der Waals surface area contributed by atoms with E-state index in [1.807, 2.05) is 24.3 Å². The molecule has 0 aliphatic rings. The van der Waals surface area contributed by atoms with Crippen LogP contribution in [-0.2, 0) is 6.42 Å². The van der Waals surface area contributed by atoms with E-state index in [0.717, 1.165) is 17.2 Å². The summed E-state index contributed by atoms with van der Waals surface area (Å²) in [6, 6.07) is 8.75. The van der Waals surface area contributed by atoms with Crippen molar-refractivity contribution in [3.8, 4) is 11.5 Å². The molecule has 1 aromatic carbocycles. The zero-order valence-electron chi connectivity index (χ0n) is 10.4. The summed E-state index contributed by atoms with van der Waals surface area (Å²) < 4.78 is 10.6. The van der Waals surface area contributed by atoms with Crippen molar-refractivity contribution in [3.63, 3.8) is 0 Å². The van der Waals surface area contributed by atoms with Gasteiger partial charge >= 0.3 is 5.97 Å². The molecule has 0 amide bonds. The van der Waals surface area contributed by atoms with Crippen LogP contribution >= 0.6 is 0 Å². The molecule has 0 aliphatic heterocycles. The lowest BCUT2D eigenvalue weighted by Gasteiger charge is -2.05. The van der Waals surface area contributed by atoms with Crippen molar-refractivity contribution < 1.29 is 19.4 Å². The Hall–Kier alpha value is -2.50. The molecule has 0 fully saturated rings. The third-order valence-electron chi connectivity index (χ3n) is 2.55. The van der Waals surface area contributed by atoms with Gasteiger partial charge in [0.05, 0.1) is 13.7 Å². The lowest BCUT2D eigenvalue weighted by Crippen LogP contribution is -2.01. The average molecular weight is 262 g/mol. The van der Waals surface area contributed by atoms with Crippen LogP contribution in [0.2, 0.25) is 0 Å². The number of methoxy groups -OCH3 is 1. The van der Waals surface area contributed by atoms with Gasteiger partial charge in [-0.05, 0) is 30.3 Å². The molecule has 0 saturated carbocycles. The maximum Gasteiger partial charge on any atom is 0.356 e. The minimum atomic E-state index is -1.04. The molecule has 0 spiro atoms. The molecule has 0 atom stereocenters. The lowest BCUT2D eigenvalue weighted by atomic mass is 10.3. The fraction of sp³-hybridized carbons (Fsp3) is 0.231. The van der Waals surface area contributed by atoms with Crippen LogP contribution in [0.5, 0.6) is 11.5 Å². The topological polar surface area (TPSA) is 84.4 Å². The Morgan fingerprint density at radius 2 is 2.00 bits per heavy atom. The summed E-state index contributed by atoms with van der Waals surface area (Å²) in [6.45, 7) is 0.438. The molecule has 19 heavy (non-hydrogen) atoms. The van der Waals surface area contributed by atoms with E-state index in [9.17, 15) is 4.79 Å². The highest BCUT2D eigenvalue weighted by molar-refractivity contribution is 5.85. The maximum absolute atomic E-state index is 10.6. The van der Waals surface area contributed by atoms with E-state index in [1.54, 1.807) is 7.11 Å². The van der Waals surface area contributed by atoms with E-state index in [4.69, 9.17) is 14.6 Å². The number of hydrogen-bond acceptors (Lipinski definition) is 4. The third-order valence-corrected chi connectivity index (χ3v) is 2.55. The van der Waals surface area contributed by atoms with Gasteiger partial charge < -0.3 is 14.6 Å². The quantitative estimate of drug-likeness (QED) is 0.828. The van der Waals surface area contributed by atoms with Gasteiger partial charge in [-0.1, -0.05) is 0 Å². The Bertz CT molecular complexity index is 548. The van der Waals surface area contributed by atoms with Crippen molar-refractivity contribution >= 4 is 5.97 Å². The normalized spacial score (nSPS) is 10.2. The summed E-state index contributed by atoms with van der Waals surface area (Å²) in [7, 11) is 1.61. The standard InChI is InChI=1S/C13H14N2O4/c1-18-10-2-4-11(5-3-10)19-7-6-9-8-12(13(16)17)15-14-9/h2-5,8H,6-7H2,1H3,(H,14,15)(H,16,17). The largest absolute Gasteiger partial charge is 0.497 e. The Balaban J connectivity index is 1.83. The monoisotopic (exact) mass is 262 g/mol. The summed E-state index contributed by atoms with van der Waals surface area (Å²) >= 11 is 0. The number of carboxylic acids is 1. The molecule has 2 N–H and O–H groups in total. The number of nitrogens with zero attached hydrogens (tertiary/aromatic N) is 1. The first-order valence-electron chi connectivity index (χ1n) is 5.73. The predicted molar refractivity (Wildman–Crippen MR) is 67.7 cm³/mol. The number of aromatic nitrogens is 2. The second-order valence-corrected chi connectivity index (χ2v) is 3.86. The van der Waals surface area contributed by atoms with Crippen LogP contribution in [-0.4, -0.2) is 35.0 Å². The second kappa shape index (κ2) is 5.90. The summed E-state index contributed by atoms with van der Waals surface area (Å²) in [4.78, 5) is 10.6. The van der Waals surface area contributed by atoms with Crippen LogP contribution in [0.3, 0.4) is 0 Å². The van der Waals surface area contributed by atoms with Crippen LogP contribution in [0.1, 0.15) is 16.2 Å². The van der Waals surface area contributed by atoms with E-state index < -0.39 is 5.97 Å². The molecule has 0 bridgehead atoms. The average Bonchev–Trinajstić information content (AvgIpc) is 2.89. The molecular formula is C13H14N2O4. The number of aromatic carboxylic acids is 1. The molecule has 100 valence electrons. The van der Waals surface area contributed by atoms with Crippen molar-refractivity contribution in [1.29, 1.82) is 0 Å². The summed E-state index contributed by atoms with van der Waals surface area (Å²) in [6.07, 6.45) is 0.562. The van der Waals surface area contributed by atoms with Crippen LogP contribution in [0.4, 0.5) is 0 Å². The summed E-state index contributed by atoms with van der Waals surface area (Å²) in [5.41, 5.74) is 0.741. The van der Waals surface area contributed by atoms with Gasteiger partial charge in [-0.25, -0.2) is 4.79 Å². The predicted octanol–water partition coefficient (Wildman–Crippen LogP) is 1.74. The fourth-order valence-corrected chi connectivity index (χ4v) is 1.55. The maximum atomic E-state index is 10.6. The van der Waals surface area contributed by atoms with Crippen molar-refractivity contribution in [2.24, 2.45) is 0 Å². The molecule has 2 aromatic rings. The molecule has 2 rings (SSSR count). The Morgan fingerprint density at radius 1 is 1.32 bits per heavy atom. The molecule has 0 radical (unpaired) electrons. The van der Waals surface area contributed by atoms with Crippen LogP contribution in [0.15, 0.2) is 30.3 Å². The fourth-order valence-electron chi connectivity index (χ4n) is 1.55. The Labute approximate surface area is 110 Å². The second-order valence-electron chi connectivity index (χ2n) is 3.86. The zero-order valence-corrected chi connectivity index (χ0v) is 10.4. The number of carboxylic acid groups (broad SMARTS) is 1. The zero-order chi connectivity index (χ0) is 13.7. The Kier molecular flexibility index (Phi) is 4.02. The number of H-pyrrole nitrogens is 1. The van der Waals surface area contributed by atoms with Crippen molar-refractivity contribution in [2.75, 3.05) is 13.7 Å². The molecule has 6 heteroatoms. The van der Waals surface area contributed by atoms with Crippen molar-refractivity contribution in [3.05, 3.63) is 41.7 Å². The van der Waals surface area contributed by atoms with Crippen LogP contribution < -0.4 is 9.47 Å². The van der Waals surface area contributed by atoms with E-state index in [0.29, 0.717) is 13.0 Å². The molecule has 1 heterocycles. The van der Waals surface area contributed by atoms with Gasteiger partial charge in [0.25, 0.3) is 0 Å². The highest BCUT2D eigenvalue weighted by Gasteiger charge is 2.07. The van der Waals surface area contributed by atoms with Gasteiger partial charge in [0.2, 0.25) is 0 Å². The molecule has 1 aromatic heterocycles. The Morgan fingerprint density at radius 3 is 2.58 bits per heavy atom. The van der Waals surface area contributed by atoms with E-state index in [-0.39, 0.29) is 5.69 Å². The lowest BCUT2D eigenvalue weighted by molar-refractivity contribution is 0.0690. The first-order valence-corrected chi connectivity index (χ1v) is 5.73. The van der Waals surface area contributed by atoms with Gasteiger partial charge in [0.1, 0.15) is 11.5 Å². The van der Waals surface area contributed by atoms with Crippen LogP contribution in [0.25, 0.3) is 0 Å². The van der Waals surface area contributed by atoms with Gasteiger partial charge in [-0.3, -0.25) is 5.10 Å². The van der Waals surface area contributed by atoms with Gasteiger partial charge in [-0.15, -0.1) is 0 Å². The number of rotatable bonds is 6. The number of hydrogen-bond donors (Lipinski definition) is 2. The minimum absolute atomic E-state index is 0.0134. The summed E-state index contributed by atoms with van der Waals surface area (Å²) in [5, 5.41) is 15.1. The minimum Gasteiger partial charge on any atom is -0.497 e. The number of benzene rings is 1. The molecule has 6 nitrogen and oxygen atoms in total. The van der Waals surface area contributed by atoms with Gasteiger partial charge in [0.15, 0.2) is 5.69 Å². The van der Waals surface area contributed by atoms with Gasteiger partial charge in [-0.2, -0.15) is 5.10 Å².